The molecule has 136 valence electrons. The molecule has 0 spiro atoms. The van der Waals surface area contributed by atoms with Crippen LogP contribution in [0.4, 0.5) is 5.69 Å². The molecule has 1 heterocycles. The normalized spacial score (nSPS) is 13.8. The van der Waals surface area contributed by atoms with E-state index in [4.69, 9.17) is 9.47 Å². The molecule has 0 unspecified atom stereocenters. The Balaban J connectivity index is 1.53. The predicted molar refractivity (Wildman–Crippen MR) is 103 cm³/mol. The highest BCUT2D eigenvalue weighted by Gasteiger charge is 2.21. The van der Waals surface area contributed by atoms with Gasteiger partial charge in [0.15, 0.2) is 0 Å². The minimum atomic E-state index is -0.290. The van der Waals surface area contributed by atoms with Crippen LogP contribution in [0.3, 0.4) is 0 Å². The smallest absolute Gasteiger partial charge is 0.311 e. The lowest BCUT2D eigenvalue weighted by molar-refractivity contribution is -0.134. The maximum absolute atomic E-state index is 12.1. The third-order valence-corrected chi connectivity index (χ3v) is 4.91. The summed E-state index contributed by atoms with van der Waals surface area (Å²) in [7, 11) is 1.61. The summed E-state index contributed by atoms with van der Waals surface area (Å²) < 4.78 is 11.4. The van der Waals surface area contributed by atoms with E-state index in [1.807, 2.05) is 30.3 Å². The number of nitrogens with zero attached hydrogens (tertiary/aromatic N) is 1. The number of carbonyl (C=O) groups is 2. The van der Waals surface area contributed by atoms with E-state index in [9.17, 15) is 9.59 Å². The fourth-order valence-corrected chi connectivity index (χ4v) is 3.50. The number of benzene rings is 2. The Labute approximate surface area is 161 Å². The van der Waals surface area contributed by atoms with Crippen LogP contribution >= 0.6 is 15.9 Å². The number of hydrogen-bond donors (Lipinski definition) is 0. The molecule has 0 aliphatic carbocycles. The van der Waals surface area contributed by atoms with Crippen molar-refractivity contribution in [3.05, 3.63) is 52.5 Å². The standard InChI is InChI=1S/C20H20BrNO4/c1-25-18-10-4-14(13-17(18)21)5-11-20(24)26-16-8-6-15(7-9-16)22-12-2-3-19(22)23/h4,6-10,13H,2-3,5,11-12H2,1H3. The molecule has 2 aromatic rings. The number of anilines is 1. The van der Waals surface area contributed by atoms with E-state index in [1.54, 1.807) is 24.1 Å². The van der Waals surface area contributed by atoms with Gasteiger partial charge in [-0.1, -0.05) is 6.07 Å². The third kappa shape index (κ3) is 4.43. The van der Waals surface area contributed by atoms with Gasteiger partial charge in [-0.25, -0.2) is 0 Å². The number of amides is 1. The molecule has 1 amide bonds. The van der Waals surface area contributed by atoms with E-state index < -0.39 is 0 Å². The molecule has 26 heavy (non-hydrogen) atoms. The van der Waals surface area contributed by atoms with Crippen molar-refractivity contribution in [1.82, 2.24) is 0 Å². The van der Waals surface area contributed by atoms with Crippen LogP contribution < -0.4 is 14.4 Å². The van der Waals surface area contributed by atoms with Gasteiger partial charge in [0.2, 0.25) is 5.91 Å². The molecule has 5 nitrogen and oxygen atoms in total. The summed E-state index contributed by atoms with van der Waals surface area (Å²) in [6.45, 7) is 0.745. The minimum Gasteiger partial charge on any atom is -0.496 e. The maximum atomic E-state index is 12.1. The molecule has 0 saturated carbocycles. The average molecular weight is 418 g/mol. The molecular formula is C20H20BrNO4. The van der Waals surface area contributed by atoms with Crippen molar-refractivity contribution in [2.75, 3.05) is 18.6 Å². The van der Waals surface area contributed by atoms with E-state index in [2.05, 4.69) is 15.9 Å². The summed E-state index contributed by atoms with van der Waals surface area (Å²) in [5.74, 6) is 1.09. The lowest BCUT2D eigenvalue weighted by Crippen LogP contribution is -2.23. The molecule has 2 aromatic carbocycles. The Morgan fingerprint density at radius 1 is 1.19 bits per heavy atom. The summed E-state index contributed by atoms with van der Waals surface area (Å²) in [6.07, 6.45) is 2.35. The van der Waals surface area contributed by atoms with Crippen molar-refractivity contribution in [1.29, 1.82) is 0 Å². The highest BCUT2D eigenvalue weighted by atomic mass is 79.9. The van der Waals surface area contributed by atoms with Gasteiger partial charge in [0.25, 0.3) is 0 Å². The van der Waals surface area contributed by atoms with Crippen molar-refractivity contribution in [2.45, 2.75) is 25.7 Å². The Kier molecular flexibility index (Phi) is 5.93. The minimum absolute atomic E-state index is 0.139. The number of carbonyl (C=O) groups excluding carboxylic acids is 2. The molecule has 0 aromatic heterocycles. The van der Waals surface area contributed by atoms with Gasteiger partial charge >= 0.3 is 5.97 Å². The van der Waals surface area contributed by atoms with Crippen molar-refractivity contribution in [3.63, 3.8) is 0 Å². The van der Waals surface area contributed by atoms with Crippen LogP contribution in [0.25, 0.3) is 0 Å². The van der Waals surface area contributed by atoms with Crippen LogP contribution in [-0.2, 0) is 16.0 Å². The number of halogens is 1. The first-order valence-corrected chi connectivity index (χ1v) is 9.29. The second kappa shape index (κ2) is 8.36. The van der Waals surface area contributed by atoms with Gasteiger partial charge in [-0.05, 0) is 70.7 Å². The molecule has 1 aliphatic heterocycles. The van der Waals surface area contributed by atoms with Crippen LogP contribution in [0.1, 0.15) is 24.8 Å². The summed E-state index contributed by atoms with van der Waals surface area (Å²) in [5.41, 5.74) is 1.87. The average Bonchev–Trinajstić information content (AvgIpc) is 3.07. The van der Waals surface area contributed by atoms with Gasteiger partial charge in [0, 0.05) is 25.1 Å². The topological polar surface area (TPSA) is 55.8 Å². The van der Waals surface area contributed by atoms with E-state index in [-0.39, 0.29) is 18.3 Å². The molecule has 1 saturated heterocycles. The van der Waals surface area contributed by atoms with E-state index in [0.717, 1.165) is 34.4 Å². The largest absolute Gasteiger partial charge is 0.496 e. The first-order chi connectivity index (χ1) is 12.6. The fraction of sp³-hybridized carbons (Fsp3) is 0.300. The number of esters is 1. The molecule has 6 heteroatoms. The first-order valence-electron chi connectivity index (χ1n) is 8.50. The highest BCUT2D eigenvalue weighted by Crippen LogP contribution is 2.26. The van der Waals surface area contributed by atoms with Crippen LogP contribution in [0.15, 0.2) is 46.9 Å². The molecule has 0 N–H and O–H groups in total. The van der Waals surface area contributed by atoms with Gasteiger partial charge in [0.05, 0.1) is 11.6 Å². The van der Waals surface area contributed by atoms with Gasteiger partial charge in [-0.3, -0.25) is 9.59 Å². The van der Waals surface area contributed by atoms with Crippen molar-refractivity contribution in [3.8, 4) is 11.5 Å². The van der Waals surface area contributed by atoms with Crippen LogP contribution in [-0.4, -0.2) is 25.5 Å². The molecule has 1 fully saturated rings. The maximum Gasteiger partial charge on any atom is 0.311 e. The number of ether oxygens (including phenoxy) is 2. The monoisotopic (exact) mass is 417 g/mol. The van der Waals surface area contributed by atoms with Gasteiger partial charge in [-0.15, -0.1) is 0 Å². The number of rotatable bonds is 6. The summed E-state index contributed by atoms with van der Waals surface area (Å²) in [6, 6.07) is 12.8. The molecule has 0 radical (unpaired) electrons. The summed E-state index contributed by atoms with van der Waals surface area (Å²) in [4.78, 5) is 25.6. The second-order valence-corrected chi connectivity index (χ2v) is 6.94. The molecule has 0 bridgehead atoms. The number of aryl methyl sites for hydroxylation is 1. The molecular weight excluding hydrogens is 398 g/mol. The van der Waals surface area contributed by atoms with Gasteiger partial charge in [0.1, 0.15) is 11.5 Å². The summed E-state index contributed by atoms with van der Waals surface area (Å²) in [5, 5.41) is 0. The summed E-state index contributed by atoms with van der Waals surface area (Å²) >= 11 is 3.44. The molecule has 3 rings (SSSR count). The Morgan fingerprint density at radius 2 is 1.96 bits per heavy atom. The van der Waals surface area contributed by atoms with E-state index in [1.165, 1.54) is 0 Å². The second-order valence-electron chi connectivity index (χ2n) is 6.09. The zero-order valence-electron chi connectivity index (χ0n) is 14.5. The van der Waals surface area contributed by atoms with Crippen molar-refractivity contribution in [2.24, 2.45) is 0 Å². The number of hydrogen-bond acceptors (Lipinski definition) is 4. The van der Waals surface area contributed by atoms with Crippen LogP contribution in [0.2, 0.25) is 0 Å². The zero-order valence-corrected chi connectivity index (χ0v) is 16.1. The Morgan fingerprint density at radius 3 is 2.58 bits per heavy atom. The lowest BCUT2D eigenvalue weighted by Gasteiger charge is -2.15. The van der Waals surface area contributed by atoms with Crippen molar-refractivity contribution >= 4 is 33.5 Å². The predicted octanol–water partition coefficient (Wildman–Crippen LogP) is 4.12. The van der Waals surface area contributed by atoms with E-state index >= 15 is 0 Å². The van der Waals surface area contributed by atoms with Gasteiger partial charge in [-0.2, -0.15) is 0 Å². The van der Waals surface area contributed by atoms with E-state index in [0.29, 0.717) is 18.6 Å². The lowest BCUT2D eigenvalue weighted by atomic mass is 10.1. The SMILES string of the molecule is COc1ccc(CCC(=O)Oc2ccc(N3CCCC3=O)cc2)cc1Br. The third-order valence-electron chi connectivity index (χ3n) is 4.29. The Hall–Kier alpha value is -2.34. The fourth-order valence-electron chi connectivity index (χ4n) is 2.91. The quantitative estimate of drug-likeness (QED) is 0.523. The first kappa shape index (κ1) is 18.5. The van der Waals surface area contributed by atoms with Crippen LogP contribution in [0.5, 0.6) is 11.5 Å². The molecule has 1 aliphatic rings. The highest BCUT2D eigenvalue weighted by molar-refractivity contribution is 9.10. The zero-order chi connectivity index (χ0) is 18.5. The Bertz CT molecular complexity index is 804. The molecule has 0 atom stereocenters. The van der Waals surface area contributed by atoms with Crippen molar-refractivity contribution < 1.29 is 19.1 Å². The van der Waals surface area contributed by atoms with Crippen LogP contribution in [0, 0.1) is 0 Å². The van der Waals surface area contributed by atoms with Gasteiger partial charge < -0.3 is 14.4 Å². The number of methoxy groups -OCH3 is 1.